The van der Waals surface area contributed by atoms with Crippen molar-refractivity contribution in [3.63, 3.8) is 0 Å². The van der Waals surface area contributed by atoms with Gasteiger partial charge in [0.05, 0.1) is 39.5 Å². The molecule has 0 aliphatic carbocycles. The van der Waals surface area contributed by atoms with Crippen LogP contribution < -0.4 is 19.9 Å². The van der Waals surface area contributed by atoms with Crippen molar-refractivity contribution in [2.24, 2.45) is 0 Å². The maximum absolute atomic E-state index is 8.93. The van der Waals surface area contributed by atoms with E-state index in [9.17, 15) is 0 Å². The second-order valence-corrected chi connectivity index (χ2v) is 3.37. The Morgan fingerprint density at radius 3 is 1.50 bits per heavy atom. The van der Waals surface area contributed by atoms with Crippen molar-refractivity contribution in [2.45, 2.75) is 0 Å². The smallest absolute Gasteiger partial charge is 0.272 e. The van der Waals surface area contributed by atoms with Crippen molar-refractivity contribution in [3.8, 4) is 23.6 Å². The van der Waals surface area contributed by atoms with Gasteiger partial charge in [-0.25, -0.2) is 20.2 Å². The minimum Gasteiger partial charge on any atom is -0.494 e. The lowest BCUT2D eigenvalue weighted by Crippen LogP contribution is -2.18. The number of hydrogen-bond donors (Lipinski definition) is 0. The zero-order valence-electron chi connectivity index (χ0n) is 10.8. The van der Waals surface area contributed by atoms with Crippen LogP contribution in [0.2, 0.25) is 0 Å². The first-order chi connectivity index (χ1) is 9.68. The van der Waals surface area contributed by atoms with E-state index in [-0.39, 0.29) is 33.3 Å². The topological polar surface area (TPSA) is 74.8 Å². The molecule has 0 bridgehead atoms. The minimum atomic E-state index is -0.159. The SMILES string of the molecule is [C-]#[N+]/C(C#N)=c1\cc/c(=C(/C#N)[N+]#[C-])c(OC)c1OC. The lowest BCUT2D eigenvalue weighted by molar-refractivity contribution is 0.350. The Bertz CT molecular complexity index is 724. The van der Waals surface area contributed by atoms with Crippen LogP contribution in [0.3, 0.4) is 0 Å². The van der Waals surface area contributed by atoms with Crippen molar-refractivity contribution in [2.75, 3.05) is 14.2 Å². The molecule has 6 heteroatoms. The van der Waals surface area contributed by atoms with E-state index in [1.165, 1.54) is 26.4 Å². The summed E-state index contributed by atoms with van der Waals surface area (Å²) >= 11 is 0. The summed E-state index contributed by atoms with van der Waals surface area (Å²) in [4.78, 5) is 6.23. The molecule has 6 nitrogen and oxygen atoms in total. The molecule has 0 fully saturated rings. The number of hydrogen-bond acceptors (Lipinski definition) is 4. The molecule has 0 N–H and O–H groups in total. The molecule has 0 atom stereocenters. The maximum Gasteiger partial charge on any atom is 0.272 e. The van der Waals surface area contributed by atoms with Gasteiger partial charge in [-0.3, -0.25) is 0 Å². The Kier molecular flexibility index (Phi) is 4.70. The maximum atomic E-state index is 8.93. The normalized spacial score (nSPS) is 11.9. The Balaban J connectivity index is 4.11. The first kappa shape index (κ1) is 14.6. The molecule has 0 saturated carbocycles. The van der Waals surface area contributed by atoms with Crippen LogP contribution in [0.15, 0.2) is 12.1 Å². The summed E-state index contributed by atoms with van der Waals surface area (Å²) < 4.78 is 10.3. The summed E-state index contributed by atoms with van der Waals surface area (Å²) in [6.45, 7) is 13.9. The van der Waals surface area contributed by atoms with Crippen molar-refractivity contribution in [1.82, 2.24) is 0 Å². The summed E-state index contributed by atoms with van der Waals surface area (Å²) in [5.74, 6) is 0.294. The first-order valence-electron chi connectivity index (χ1n) is 5.23. The summed E-state index contributed by atoms with van der Waals surface area (Å²) in [6, 6.07) is 6.44. The Hall–Kier alpha value is -3.48. The molecule has 0 saturated heterocycles. The van der Waals surface area contributed by atoms with Gasteiger partial charge < -0.3 is 9.47 Å². The fraction of sp³-hybridized carbons (Fsp3) is 0.143. The van der Waals surface area contributed by atoms with Crippen LogP contribution in [0.25, 0.3) is 21.1 Å². The number of benzene rings is 1. The van der Waals surface area contributed by atoms with Crippen LogP contribution in [-0.4, -0.2) is 14.2 Å². The summed E-state index contributed by atoms with van der Waals surface area (Å²) in [5, 5.41) is 18.4. The third-order valence-electron chi connectivity index (χ3n) is 2.47. The van der Waals surface area contributed by atoms with Gasteiger partial charge in [0.1, 0.15) is 0 Å². The molecule has 0 aromatic heterocycles. The van der Waals surface area contributed by atoms with Gasteiger partial charge in [-0.15, -0.1) is 0 Å². The third kappa shape index (κ3) is 2.36. The van der Waals surface area contributed by atoms with E-state index < -0.39 is 0 Å². The molecule has 1 aromatic rings. The zero-order chi connectivity index (χ0) is 15.1. The highest BCUT2D eigenvalue weighted by Gasteiger charge is 2.12. The lowest BCUT2D eigenvalue weighted by Gasteiger charge is -2.09. The van der Waals surface area contributed by atoms with Gasteiger partial charge in [0.25, 0.3) is 11.4 Å². The van der Waals surface area contributed by atoms with Crippen LogP contribution in [0, 0.1) is 35.8 Å². The molecule has 0 amide bonds. The van der Waals surface area contributed by atoms with Gasteiger partial charge in [-0.05, 0) is 0 Å². The van der Waals surface area contributed by atoms with E-state index in [4.69, 9.17) is 33.1 Å². The fourth-order valence-corrected chi connectivity index (χ4v) is 1.63. The molecule has 0 unspecified atom stereocenters. The molecule has 0 aliphatic heterocycles. The van der Waals surface area contributed by atoms with Crippen molar-refractivity contribution < 1.29 is 9.47 Å². The van der Waals surface area contributed by atoms with Crippen LogP contribution in [0.5, 0.6) is 11.5 Å². The number of nitrogens with zero attached hydrogens (tertiary/aromatic N) is 4. The highest BCUT2D eigenvalue weighted by molar-refractivity contribution is 5.72. The molecule has 0 spiro atoms. The number of ether oxygens (including phenoxy) is 2. The van der Waals surface area contributed by atoms with Crippen molar-refractivity contribution >= 4 is 11.4 Å². The Labute approximate surface area is 115 Å². The van der Waals surface area contributed by atoms with Crippen LogP contribution in [0.4, 0.5) is 0 Å². The Morgan fingerprint density at radius 1 is 0.950 bits per heavy atom. The van der Waals surface area contributed by atoms with Crippen LogP contribution in [0.1, 0.15) is 0 Å². The monoisotopic (exact) mass is 264 g/mol. The van der Waals surface area contributed by atoms with Gasteiger partial charge in [-0.1, -0.05) is 12.1 Å². The molecule has 0 aliphatic rings. The quantitative estimate of drug-likeness (QED) is 0.741. The average Bonchev–Trinajstić information content (AvgIpc) is 2.49. The summed E-state index contributed by atoms with van der Waals surface area (Å²) in [5.41, 5.74) is -0.318. The summed E-state index contributed by atoms with van der Waals surface area (Å²) in [7, 11) is 2.71. The van der Waals surface area contributed by atoms with E-state index in [2.05, 4.69) is 9.69 Å². The van der Waals surface area contributed by atoms with Gasteiger partial charge >= 0.3 is 0 Å². The molecular formula is C14H8N4O2. The van der Waals surface area contributed by atoms with Crippen LogP contribution >= 0.6 is 0 Å². The minimum absolute atomic E-state index is 0.147. The number of methoxy groups -OCH3 is 2. The molecule has 0 radical (unpaired) electrons. The fourth-order valence-electron chi connectivity index (χ4n) is 1.63. The highest BCUT2D eigenvalue weighted by atomic mass is 16.5. The average molecular weight is 264 g/mol. The standard InChI is InChI=1S/C14H8N4O2/c1-17-11(7-15)9-5-6-10(12(8-16)18-2)14(20-4)13(9)19-3/h5-6H,3-4H3/b11-9+,12-10+. The zero-order valence-corrected chi connectivity index (χ0v) is 10.8. The van der Waals surface area contributed by atoms with Gasteiger partial charge in [-0.2, -0.15) is 0 Å². The largest absolute Gasteiger partial charge is 0.494 e. The van der Waals surface area contributed by atoms with Gasteiger partial charge in [0.15, 0.2) is 11.5 Å². The predicted octanol–water partition coefficient (Wildman–Crippen LogP) is 0.806. The van der Waals surface area contributed by atoms with Gasteiger partial charge in [0, 0.05) is 10.4 Å². The van der Waals surface area contributed by atoms with Crippen LogP contribution in [-0.2, 0) is 0 Å². The third-order valence-corrected chi connectivity index (χ3v) is 2.47. The molecule has 1 aromatic carbocycles. The predicted molar refractivity (Wildman–Crippen MR) is 70.0 cm³/mol. The molecule has 0 heterocycles. The van der Waals surface area contributed by atoms with E-state index in [0.717, 1.165) is 0 Å². The van der Waals surface area contributed by atoms with E-state index in [1.807, 2.05) is 0 Å². The van der Waals surface area contributed by atoms with E-state index in [1.54, 1.807) is 12.1 Å². The Morgan fingerprint density at radius 2 is 1.30 bits per heavy atom. The van der Waals surface area contributed by atoms with Crippen molar-refractivity contribution in [1.29, 1.82) is 10.5 Å². The lowest BCUT2D eigenvalue weighted by atomic mass is 10.1. The first-order valence-corrected chi connectivity index (χ1v) is 5.23. The number of nitriles is 2. The van der Waals surface area contributed by atoms with Crippen molar-refractivity contribution in [3.05, 3.63) is 45.4 Å². The molecule has 1 rings (SSSR count). The number of rotatable bonds is 2. The highest BCUT2D eigenvalue weighted by Crippen LogP contribution is 2.19. The second-order valence-electron chi connectivity index (χ2n) is 3.37. The van der Waals surface area contributed by atoms with Gasteiger partial charge in [0.2, 0.25) is 0 Å². The van der Waals surface area contributed by atoms with E-state index >= 15 is 0 Å². The summed E-state index contributed by atoms with van der Waals surface area (Å²) in [6.07, 6.45) is 0. The molecule has 96 valence electrons. The molecule has 20 heavy (non-hydrogen) atoms. The van der Waals surface area contributed by atoms with E-state index in [0.29, 0.717) is 0 Å². The molecular weight excluding hydrogens is 256 g/mol. The second kappa shape index (κ2) is 6.45.